The fourth-order valence-electron chi connectivity index (χ4n) is 2.19. The molecule has 0 spiro atoms. The Kier molecular flexibility index (Phi) is 3.15. The van der Waals surface area contributed by atoms with Gasteiger partial charge in [0.05, 0.1) is 5.56 Å². The molecule has 2 fully saturated rings. The van der Waals surface area contributed by atoms with Crippen LogP contribution in [-0.4, -0.2) is 43.1 Å². The highest BCUT2D eigenvalue weighted by Crippen LogP contribution is 2.22. The minimum atomic E-state index is 0.0131. The first-order chi connectivity index (χ1) is 8.84. The molecule has 2 aliphatic rings. The highest BCUT2D eigenvalue weighted by atomic mass is 16.1. The van der Waals surface area contributed by atoms with Crippen molar-refractivity contribution in [2.45, 2.75) is 18.9 Å². The van der Waals surface area contributed by atoms with Crippen LogP contribution in [0.1, 0.15) is 23.2 Å². The summed E-state index contributed by atoms with van der Waals surface area (Å²) in [5.74, 6) is 0.830. The van der Waals surface area contributed by atoms with E-state index < -0.39 is 0 Å². The van der Waals surface area contributed by atoms with Crippen LogP contribution >= 0.6 is 0 Å². The summed E-state index contributed by atoms with van der Waals surface area (Å²) in [4.78, 5) is 18.7. The topological polar surface area (TPSA) is 57.3 Å². The number of aromatic nitrogens is 1. The summed E-state index contributed by atoms with van der Waals surface area (Å²) in [6, 6.07) is 4.07. The van der Waals surface area contributed by atoms with Crippen molar-refractivity contribution in [1.29, 1.82) is 0 Å². The summed E-state index contributed by atoms with van der Waals surface area (Å²) in [7, 11) is 0. The molecule has 0 bridgehead atoms. The van der Waals surface area contributed by atoms with Crippen LogP contribution in [0.15, 0.2) is 18.3 Å². The van der Waals surface area contributed by atoms with Gasteiger partial charge in [-0.2, -0.15) is 0 Å². The van der Waals surface area contributed by atoms with E-state index in [0.717, 1.165) is 44.8 Å². The maximum atomic E-state index is 12.2. The summed E-state index contributed by atoms with van der Waals surface area (Å²) in [6.07, 6.45) is 3.97. The highest BCUT2D eigenvalue weighted by molar-refractivity contribution is 5.99. The zero-order valence-corrected chi connectivity index (χ0v) is 10.4. The Hall–Kier alpha value is -1.62. The highest BCUT2D eigenvalue weighted by Gasteiger charge is 2.26. The molecular formula is C13H18N4O. The van der Waals surface area contributed by atoms with Crippen molar-refractivity contribution in [2.75, 3.05) is 31.1 Å². The zero-order valence-electron chi connectivity index (χ0n) is 10.4. The molecule has 5 nitrogen and oxygen atoms in total. The molecular weight excluding hydrogens is 228 g/mol. The molecule has 1 saturated carbocycles. The van der Waals surface area contributed by atoms with Crippen LogP contribution in [0.2, 0.25) is 0 Å². The molecule has 2 heterocycles. The number of nitrogens with zero attached hydrogens (tertiary/aromatic N) is 2. The molecule has 1 amide bonds. The van der Waals surface area contributed by atoms with Crippen LogP contribution < -0.4 is 15.5 Å². The first-order valence-corrected chi connectivity index (χ1v) is 6.56. The van der Waals surface area contributed by atoms with E-state index in [0.29, 0.717) is 11.6 Å². The molecule has 3 rings (SSSR count). The van der Waals surface area contributed by atoms with Crippen LogP contribution in [0.25, 0.3) is 0 Å². The monoisotopic (exact) mass is 246 g/mol. The minimum Gasteiger partial charge on any atom is -0.353 e. The fourth-order valence-corrected chi connectivity index (χ4v) is 2.19. The summed E-state index contributed by atoms with van der Waals surface area (Å²) in [5, 5.41) is 6.33. The number of carbonyl (C=O) groups excluding carboxylic acids is 1. The smallest absolute Gasteiger partial charge is 0.255 e. The van der Waals surface area contributed by atoms with E-state index in [4.69, 9.17) is 0 Å². The third-order valence-electron chi connectivity index (χ3n) is 3.36. The quantitative estimate of drug-likeness (QED) is 0.810. The molecule has 2 N–H and O–H groups in total. The van der Waals surface area contributed by atoms with E-state index in [1.165, 1.54) is 0 Å². The second-order valence-corrected chi connectivity index (χ2v) is 4.86. The van der Waals surface area contributed by atoms with E-state index in [1.54, 1.807) is 6.20 Å². The van der Waals surface area contributed by atoms with Crippen molar-refractivity contribution in [3.63, 3.8) is 0 Å². The zero-order chi connectivity index (χ0) is 12.4. The van der Waals surface area contributed by atoms with Gasteiger partial charge in [0.2, 0.25) is 0 Å². The maximum absolute atomic E-state index is 12.2. The lowest BCUT2D eigenvalue weighted by Crippen LogP contribution is -2.44. The summed E-state index contributed by atoms with van der Waals surface area (Å²) < 4.78 is 0. The van der Waals surface area contributed by atoms with Gasteiger partial charge in [-0.3, -0.25) is 4.79 Å². The molecule has 0 unspecified atom stereocenters. The van der Waals surface area contributed by atoms with Crippen LogP contribution in [0.4, 0.5) is 5.82 Å². The molecule has 1 aliphatic heterocycles. The molecule has 5 heteroatoms. The van der Waals surface area contributed by atoms with Gasteiger partial charge in [0.1, 0.15) is 5.82 Å². The van der Waals surface area contributed by atoms with Crippen LogP contribution in [0, 0.1) is 0 Å². The predicted molar refractivity (Wildman–Crippen MR) is 69.8 cm³/mol. The third-order valence-corrected chi connectivity index (χ3v) is 3.36. The van der Waals surface area contributed by atoms with Crippen LogP contribution in [0.5, 0.6) is 0 Å². The van der Waals surface area contributed by atoms with Crippen molar-refractivity contribution < 1.29 is 4.79 Å². The van der Waals surface area contributed by atoms with Gasteiger partial charge in [-0.05, 0) is 25.0 Å². The number of pyridine rings is 1. The van der Waals surface area contributed by atoms with Gasteiger partial charge in [0, 0.05) is 38.4 Å². The van der Waals surface area contributed by atoms with Crippen molar-refractivity contribution in [3.8, 4) is 0 Å². The van der Waals surface area contributed by atoms with E-state index in [9.17, 15) is 4.79 Å². The van der Waals surface area contributed by atoms with Crippen LogP contribution in [-0.2, 0) is 0 Å². The van der Waals surface area contributed by atoms with E-state index in [-0.39, 0.29) is 5.91 Å². The largest absolute Gasteiger partial charge is 0.353 e. The lowest BCUT2D eigenvalue weighted by atomic mass is 10.2. The summed E-state index contributed by atoms with van der Waals surface area (Å²) in [5.41, 5.74) is 0.700. The molecule has 1 aliphatic carbocycles. The number of nitrogens with one attached hydrogen (secondary N) is 2. The molecule has 96 valence electrons. The number of anilines is 1. The maximum Gasteiger partial charge on any atom is 0.255 e. The Morgan fingerprint density at radius 3 is 2.89 bits per heavy atom. The predicted octanol–water partition coefficient (Wildman–Crippen LogP) is 0.383. The molecule has 0 atom stereocenters. The number of rotatable bonds is 3. The average Bonchev–Trinajstić information content (AvgIpc) is 3.24. The average molecular weight is 246 g/mol. The lowest BCUT2D eigenvalue weighted by Gasteiger charge is -2.29. The van der Waals surface area contributed by atoms with Gasteiger partial charge >= 0.3 is 0 Å². The Morgan fingerprint density at radius 1 is 1.39 bits per heavy atom. The summed E-state index contributed by atoms with van der Waals surface area (Å²) in [6.45, 7) is 3.70. The first kappa shape index (κ1) is 11.5. The number of carbonyl (C=O) groups is 1. The number of hydrogen-bond acceptors (Lipinski definition) is 4. The normalized spacial score (nSPS) is 19.7. The van der Waals surface area contributed by atoms with E-state index in [1.807, 2.05) is 12.1 Å². The molecule has 0 radical (unpaired) electrons. The second kappa shape index (κ2) is 4.94. The molecule has 0 aromatic carbocycles. The Morgan fingerprint density at radius 2 is 2.17 bits per heavy atom. The van der Waals surface area contributed by atoms with Gasteiger partial charge in [0.25, 0.3) is 5.91 Å². The SMILES string of the molecule is O=C(NC1CC1)c1cccnc1N1CCNCC1. The Balaban J connectivity index is 1.81. The van der Waals surface area contributed by atoms with Crippen molar-refractivity contribution in [2.24, 2.45) is 0 Å². The molecule has 18 heavy (non-hydrogen) atoms. The summed E-state index contributed by atoms with van der Waals surface area (Å²) >= 11 is 0. The molecule has 1 aromatic rings. The van der Waals surface area contributed by atoms with Crippen molar-refractivity contribution in [3.05, 3.63) is 23.9 Å². The number of piperazine rings is 1. The van der Waals surface area contributed by atoms with Gasteiger partial charge in [-0.1, -0.05) is 0 Å². The van der Waals surface area contributed by atoms with Crippen LogP contribution in [0.3, 0.4) is 0 Å². The van der Waals surface area contributed by atoms with E-state index in [2.05, 4.69) is 20.5 Å². The van der Waals surface area contributed by atoms with Crippen molar-refractivity contribution in [1.82, 2.24) is 15.6 Å². The van der Waals surface area contributed by atoms with Gasteiger partial charge in [-0.25, -0.2) is 4.98 Å². The first-order valence-electron chi connectivity index (χ1n) is 6.56. The van der Waals surface area contributed by atoms with E-state index >= 15 is 0 Å². The van der Waals surface area contributed by atoms with Gasteiger partial charge in [-0.15, -0.1) is 0 Å². The lowest BCUT2D eigenvalue weighted by molar-refractivity contribution is 0.0951. The Labute approximate surface area is 107 Å². The van der Waals surface area contributed by atoms with Gasteiger partial charge in [0.15, 0.2) is 0 Å². The third kappa shape index (κ3) is 2.46. The van der Waals surface area contributed by atoms with Crippen molar-refractivity contribution >= 4 is 11.7 Å². The standard InChI is InChI=1S/C13H18N4O/c18-13(16-10-3-4-10)11-2-1-5-15-12(11)17-8-6-14-7-9-17/h1-2,5,10,14H,3-4,6-9H2,(H,16,18). The number of amides is 1. The molecule has 1 saturated heterocycles. The van der Waals surface area contributed by atoms with Gasteiger partial charge < -0.3 is 15.5 Å². The second-order valence-electron chi connectivity index (χ2n) is 4.86. The molecule has 1 aromatic heterocycles. The Bertz CT molecular complexity index is 438. The minimum absolute atomic E-state index is 0.0131. The number of hydrogen-bond donors (Lipinski definition) is 2. The fraction of sp³-hybridized carbons (Fsp3) is 0.538.